The first-order valence-electron chi connectivity index (χ1n) is 16.5. The van der Waals surface area contributed by atoms with Crippen molar-refractivity contribution in [2.24, 2.45) is 5.92 Å². The number of alkyl halides is 14. The lowest BCUT2D eigenvalue weighted by Crippen LogP contribution is -2.61. The fourth-order valence-electron chi connectivity index (χ4n) is 5.19. The van der Waals surface area contributed by atoms with Gasteiger partial charge in [-0.2, -0.15) is 61.5 Å². The number of nitrogens with one attached hydrogen (secondary N) is 1. The molecule has 324 valence electrons. The van der Waals surface area contributed by atoms with Crippen LogP contribution >= 0.6 is 0 Å². The molecule has 1 atom stereocenters. The maximum atomic E-state index is 13.9. The number of rotatable bonds is 17. The predicted molar refractivity (Wildman–Crippen MR) is 156 cm³/mol. The van der Waals surface area contributed by atoms with Crippen molar-refractivity contribution in [3.8, 4) is 11.1 Å². The van der Waals surface area contributed by atoms with Crippen LogP contribution in [0.4, 0.5) is 96.6 Å². The minimum atomic E-state index is -7.10. The molecule has 1 unspecified atom stereocenters. The fraction of sp³-hybridized carbons (Fsp3) is 0.636. The largest absolute Gasteiger partial charge is 0.458 e. The van der Waals surface area contributed by atoms with E-state index in [9.17, 15) is 96.6 Å². The Labute approximate surface area is 304 Å². The van der Waals surface area contributed by atoms with E-state index in [2.05, 4.69) is 0 Å². The number of hydrogen-bond acceptors (Lipinski definition) is 1. The molecule has 2 aromatic carbocycles. The van der Waals surface area contributed by atoms with Gasteiger partial charge in [-0.3, -0.25) is 5.32 Å². The van der Waals surface area contributed by atoms with E-state index in [0.29, 0.717) is 12.8 Å². The maximum Gasteiger partial charge on any atom is 0.458 e. The molecule has 0 aliphatic rings. The Morgan fingerprint density at radius 2 is 0.929 bits per heavy atom. The van der Waals surface area contributed by atoms with Gasteiger partial charge in [0, 0.05) is 18.5 Å². The van der Waals surface area contributed by atoms with Crippen LogP contribution in [0.1, 0.15) is 96.1 Å². The summed E-state index contributed by atoms with van der Waals surface area (Å²) in [6.07, 6.45) is -9.69. The summed E-state index contributed by atoms with van der Waals surface area (Å²) in [5.41, 5.74) is -14.2. The minimum absolute atomic E-state index is 0.131. The van der Waals surface area contributed by atoms with Gasteiger partial charge in [0.25, 0.3) is 0 Å². The Hall–Kier alpha value is -3.14. The molecule has 0 amide bonds. The van der Waals surface area contributed by atoms with Crippen LogP contribution in [0, 0.1) is 52.5 Å². The van der Waals surface area contributed by atoms with Gasteiger partial charge in [-0.15, -0.1) is 0 Å². The van der Waals surface area contributed by atoms with Crippen LogP contribution in [0.2, 0.25) is 0 Å². The molecule has 1 N–H and O–H groups in total. The third-order valence-electron chi connectivity index (χ3n) is 8.38. The summed E-state index contributed by atoms with van der Waals surface area (Å²) in [5, 5.41) is 1.38. The first-order valence-corrected chi connectivity index (χ1v) is 16.5. The topological polar surface area (TPSA) is 12.0 Å². The fourth-order valence-corrected chi connectivity index (χ4v) is 5.19. The Kier molecular flexibility index (Phi) is 17.3. The molecule has 0 saturated carbocycles. The highest BCUT2D eigenvalue weighted by molar-refractivity contribution is 5.75. The summed E-state index contributed by atoms with van der Waals surface area (Å²) >= 11 is 0. The first-order chi connectivity index (χ1) is 25.3. The summed E-state index contributed by atoms with van der Waals surface area (Å²) in [6, 6.07) is -4.93. The molecule has 0 spiro atoms. The predicted octanol–water partition coefficient (Wildman–Crippen LogP) is 14.2. The molecule has 2 aromatic rings. The minimum Gasteiger partial charge on any atom is -0.253 e. The highest BCUT2D eigenvalue weighted by atomic mass is 19.4. The second-order valence-electron chi connectivity index (χ2n) is 12.4. The zero-order valence-corrected chi connectivity index (χ0v) is 29.2. The standard InChI is InChI=1S/C18H33F6N.C15F16/c1-4-7-9-10-13-16(19,20)17(21,22)18(23,24)25-14-12-15(6-3)11-8-5-2;16-5-2(6(17)10(21)12(23)9(5)20)1-3(13(24,25)15(29,30)31)7(18)11(22)8(19)4(1)14(26,27)28/h15,25H,4-14H2,1-3H3;. The van der Waals surface area contributed by atoms with Crippen LogP contribution in [0.15, 0.2) is 0 Å². The molecule has 0 aromatic heterocycles. The molecule has 0 heterocycles. The lowest BCUT2D eigenvalue weighted by Gasteiger charge is -2.33. The molecule has 56 heavy (non-hydrogen) atoms. The zero-order valence-electron chi connectivity index (χ0n) is 29.2. The third kappa shape index (κ3) is 10.9. The highest BCUT2D eigenvalue weighted by Gasteiger charge is 2.71. The second-order valence-corrected chi connectivity index (χ2v) is 12.4. The van der Waals surface area contributed by atoms with Crippen molar-refractivity contribution in [1.29, 1.82) is 0 Å². The third-order valence-corrected chi connectivity index (χ3v) is 8.38. The van der Waals surface area contributed by atoms with Crippen molar-refractivity contribution in [2.75, 3.05) is 6.54 Å². The molecule has 23 heteroatoms. The van der Waals surface area contributed by atoms with E-state index in [0.717, 1.165) is 32.1 Å². The Balaban J connectivity index is 0.000000575. The molecule has 0 fully saturated rings. The van der Waals surface area contributed by atoms with E-state index in [-0.39, 0.29) is 18.8 Å². The van der Waals surface area contributed by atoms with E-state index < -0.39 is 118 Å². The van der Waals surface area contributed by atoms with Crippen LogP contribution in [-0.4, -0.2) is 30.6 Å². The summed E-state index contributed by atoms with van der Waals surface area (Å²) in [4.78, 5) is 0. The molecule has 0 saturated heterocycles. The quantitative estimate of drug-likeness (QED) is 0.0549. The Morgan fingerprint density at radius 1 is 0.482 bits per heavy atom. The van der Waals surface area contributed by atoms with Crippen LogP contribution in [-0.2, 0) is 12.1 Å². The van der Waals surface area contributed by atoms with Crippen molar-refractivity contribution in [1.82, 2.24) is 5.32 Å². The maximum absolute atomic E-state index is 13.9. The van der Waals surface area contributed by atoms with E-state index in [1.54, 1.807) is 0 Å². The second kappa shape index (κ2) is 19.1. The van der Waals surface area contributed by atoms with E-state index in [4.69, 9.17) is 0 Å². The van der Waals surface area contributed by atoms with Crippen molar-refractivity contribution in [2.45, 2.75) is 121 Å². The van der Waals surface area contributed by atoms with E-state index >= 15 is 0 Å². The monoisotopic (exact) mass is 861 g/mol. The molecule has 0 aliphatic carbocycles. The van der Waals surface area contributed by atoms with Crippen LogP contribution in [0.5, 0.6) is 0 Å². The van der Waals surface area contributed by atoms with Gasteiger partial charge in [-0.1, -0.05) is 65.7 Å². The van der Waals surface area contributed by atoms with Crippen molar-refractivity contribution in [3.63, 3.8) is 0 Å². The lowest BCUT2D eigenvalue weighted by atomic mass is 9.88. The van der Waals surface area contributed by atoms with Gasteiger partial charge in [-0.25, -0.2) is 35.1 Å². The molecule has 2 rings (SSSR count). The molecule has 1 nitrogen and oxygen atoms in total. The SMILES string of the molecule is CCCCCCC(F)(F)C(F)(F)C(F)(F)NCCC(CC)CCCC.Fc1c(F)c(F)c(-c2c(C(F)(F)F)c(F)c(F)c(F)c2C(F)(F)C(F)(F)F)c(F)c1F. The zero-order chi connectivity index (χ0) is 44.0. The van der Waals surface area contributed by atoms with Crippen LogP contribution in [0.3, 0.4) is 0 Å². The van der Waals surface area contributed by atoms with Crippen molar-refractivity contribution >= 4 is 0 Å². The van der Waals surface area contributed by atoms with Gasteiger partial charge in [0.1, 0.15) is 5.56 Å². The van der Waals surface area contributed by atoms with Crippen molar-refractivity contribution < 1.29 is 96.6 Å². The highest BCUT2D eigenvalue weighted by Crippen LogP contribution is 2.54. The van der Waals surface area contributed by atoms with Gasteiger partial charge in [0.2, 0.25) is 5.82 Å². The summed E-state index contributed by atoms with van der Waals surface area (Å²) in [5.74, 6) is -44.1. The lowest BCUT2D eigenvalue weighted by molar-refractivity contribution is -0.320. The van der Waals surface area contributed by atoms with Crippen LogP contribution in [0.25, 0.3) is 11.1 Å². The smallest absolute Gasteiger partial charge is 0.253 e. The van der Waals surface area contributed by atoms with Gasteiger partial charge < -0.3 is 0 Å². The molecule has 0 aliphatic heterocycles. The molecule has 0 radical (unpaired) electrons. The molecule has 0 bridgehead atoms. The number of hydrogen-bond donors (Lipinski definition) is 1. The van der Waals surface area contributed by atoms with Gasteiger partial charge in [-0.05, 0) is 18.8 Å². The van der Waals surface area contributed by atoms with Gasteiger partial charge in [0.05, 0.1) is 11.1 Å². The summed E-state index contributed by atoms with van der Waals surface area (Å²) < 4.78 is 296. The van der Waals surface area contributed by atoms with Crippen molar-refractivity contribution in [3.05, 3.63) is 57.7 Å². The van der Waals surface area contributed by atoms with Gasteiger partial charge >= 0.3 is 36.2 Å². The molecular formula is C33H33F22N. The Bertz CT molecular complexity index is 1580. The summed E-state index contributed by atoms with van der Waals surface area (Å²) in [7, 11) is 0. The van der Waals surface area contributed by atoms with E-state index in [1.165, 1.54) is 5.32 Å². The average Bonchev–Trinajstić information content (AvgIpc) is 3.07. The average molecular weight is 862 g/mol. The Morgan fingerprint density at radius 3 is 1.36 bits per heavy atom. The van der Waals surface area contributed by atoms with Gasteiger partial charge in [0.15, 0.2) is 40.7 Å². The van der Waals surface area contributed by atoms with E-state index in [1.807, 2.05) is 20.8 Å². The van der Waals surface area contributed by atoms with Crippen LogP contribution < -0.4 is 5.32 Å². The number of halogens is 22. The number of unbranched alkanes of at least 4 members (excludes halogenated alkanes) is 4. The first kappa shape index (κ1) is 50.9. The number of benzene rings is 2. The molecular weight excluding hydrogens is 828 g/mol. The summed E-state index contributed by atoms with van der Waals surface area (Å²) in [6.45, 7) is 5.34. The normalized spacial score (nSPS) is 13.9.